The highest BCUT2D eigenvalue weighted by molar-refractivity contribution is 5.94. The molecule has 76 valence electrons. The highest BCUT2D eigenvalue weighted by Gasteiger charge is 2.20. The summed E-state index contributed by atoms with van der Waals surface area (Å²) in [4.78, 5) is 11.7. The monoisotopic (exact) mass is 194 g/mol. The summed E-state index contributed by atoms with van der Waals surface area (Å²) in [6.45, 7) is 1.75. The van der Waals surface area contributed by atoms with Crippen LogP contribution in [0.25, 0.3) is 0 Å². The van der Waals surface area contributed by atoms with Gasteiger partial charge in [0.2, 0.25) is 0 Å². The van der Waals surface area contributed by atoms with Crippen molar-refractivity contribution < 1.29 is 9.32 Å². The first-order chi connectivity index (χ1) is 6.77. The zero-order valence-electron chi connectivity index (χ0n) is 8.25. The molecule has 0 aliphatic heterocycles. The van der Waals surface area contributed by atoms with Crippen molar-refractivity contribution in [1.82, 2.24) is 10.5 Å². The van der Waals surface area contributed by atoms with Crippen LogP contribution in [0, 0.1) is 6.92 Å². The van der Waals surface area contributed by atoms with Gasteiger partial charge in [-0.2, -0.15) is 0 Å². The Morgan fingerprint density at radius 1 is 1.57 bits per heavy atom. The van der Waals surface area contributed by atoms with E-state index >= 15 is 0 Å². The third kappa shape index (κ3) is 1.78. The van der Waals surface area contributed by atoms with Crippen molar-refractivity contribution >= 4 is 5.91 Å². The molecular formula is C10H14N2O2. The molecule has 0 aromatic carbocycles. The van der Waals surface area contributed by atoms with Gasteiger partial charge < -0.3 is 9.84 Å². The van der Waals surface area contributed by atoms with E-state index in [4.69, 9.17) is 4.52 Å². The first kappa shape index (κ1) is 9.24. The Bertz CT molecular complexity index is 327. The molecule has 0 radical (unpaired) electrons. The van der Waals surface area contributed by atoms with E-state index in [0.717, 1.165) is 12.8 Å². The summed E-state index contributed by atoms with van der Waals surface area (Å²) in [5.74, 6) is 0.524. The van der Waals surface area contributed by atoms with Crippen molar-refractivity contribution in [1.29, 1.82) is 0 Å². The molecule has 1 saturated carbocycles. The second-order valence-corrected chi connectivity index (χ2v) is 3.75. The van der Waals surface area contributed by atoms with E-state index in [9.17, 15) is 4.79 Å². The van der Waals surface area contributed by atoms with E-state index in [1.165, 1.54) is 19.0 Å². The molecule has 1 aromatic heterocycles. The Morgan fingerprint density at radius 2 is 2.29 bits per heavy atom. The highest BCUT2D eigenvalue weighted by Crippen LogP contribution is 2.18. The van der Waals surface area contributed by atoms with Crippen LogP contribution in [0.5, 0.6) is 0 Å². The number of nitrogens with one attached hydrogen (secondary N) is 1. The van der Waals surface area contributed by atoms with Crippen LogP contribution in [-0.4, -0.2) is 17.1 Å². The third-order valence-electron chi connectivity index (χ3n) is 2.69. The average Bonchev–Trinajstić information content (AvgIpc) is 2.75. The van der Waals surface area contributed by atoms with Gasteiger partial charge in [0.05, 0.1) is 6.20 Å². The van der Waals surface area contributed by atoms with Gasteiger partial charge in [-0.15, -0.1) is 0 Å². The van der Waals surface area contributed by atoms with E-state index < -0.39 is 0 Å². The summed E-state index contributed by atoms with van der Waals surface area (Å²) in [7, 11) is 0. The van der Waals surface area contributed by atoms with E-state index in [0.29, 0.717) is 17.4 Å². The van der Waals surface area contributed by atoms with Gasteiger partial charge in [0.15, 0.2) is 0 Å². The number of hydrogen-bond acceptors (Lipinski definition) is 3. The van der Waals surface area contributed by atoms with Gasteiger partial charge in [0, 0.05) is 6.04 Å². The van der Waals surface area contributed by atoms with Gasteiger partial charge in [-0.25, -0.2) is 0 Å². The molecule has 1 aliphatic rings. The molecule has 1 aliphatic carbocycles. The molecule has 0 spiro atoms. The van der Waals surface area contributed by atoms with Crippen LogP contribution in [0.3, 0.4) is 0 Å². The molecule has 1 amide bonds. The number of aromatic nitrogens is 1. The number of carbonyl (C=O) groups excluding carboxylic acids is 1. The van der Waals surface area contributed by atoms with Crippen LogP contribution in [0.1, 0.15) is 41.8 Å². The third-order valence-corrected chi connectivity index (χ3v) is 2.69. The molecule has 1 fully saturated rings. The molecule has 1 heterocycles. The predicted octanol–water partition coefficient (Wildman–Crippen LogP) is 1.66. The maximum Gasteiger partial charge on any atom is 0.256 e. The standard InChI is InChI=1S/C10H14N2O2/c1-7-9(6-11-14-7)10(13)12-8-4-2-3-5-8/h6,8H,2-5H2,1H3,(H,12,13). The lowest BCUT2D eigenvalue weighted by atomic mass is 10.2. The maximum absolute atomic E-state index is 11.7. The number of aryl methyl sites for hydroxylation is 1. The first-order valence-corrected chi connectivity index (χ1v) is 4.99. The van der Waals surface area contributed by atoms with Crippen LogP contribution < -0.4 is 5.32 Å². The van der Waals surface area contributed by atoms with Crippen LogP contribution in [0.2, 0.25) is 0 Å². The fraction of sp³-hybridized carbons (Fsp3) is 0.600. The summed E-state index contributed by atoms with van der Waals surface area (Å²) in [6.07, 6.45) is 6.09. The summed E-state index contributed by atoms with van der Waals surface area (Å²) in [5.41, 5.74) is 0.553. The minimum atomic E-state index is -0.0596. The van der Waals surface area contributed by atoms with E-state index in [-0.39, 0.29) is 5.91 Å². The molecule has 1 N–H and O–H groups in total. The van der Waals surface area contributed by atoms with Crippen molar-refractivity contribution in [2.45, 2.75) is 38.6 Å². The highest BCUT2D eigenvalue weighted by atomic mass is 16.5. The summed E-state index contributed by atoms with van der Waals surface area (Å²) >= 11 is 0. The van der Waals surface area contributed by atoms with E-state index in [2.05, 4.69) is 10.5 Å². The molecule has 0 atom stereocenters. The molecular weight excluding hydrogens is 180 g/mol. The Balaban J connectivity index is 1.98. The van der Waals surface area contributed by atoms with Gasteiger partial charge >= 0.3 is 0 Å². The Labute approximate surface area is 82.7 Å². The number of amides is 1. The Morgan fingerprint density at radius 3 is 2.86 bits per heavy atom. The predicted molar refractivity (Wildman–Crippen MR) is 51.0 cm³/mol. The molecule has 0 saturated heterocycles. The molecule has 4 heteroatoms. The average molecular weight is 194 g/mol. The smallest absolute Gasteiger partial charge is 0.256 e. The molecule has 2 rings (SSSR count). The van der Waals surface area contributed by atoms with Gasteiger partial charge in [-0.1, -0.05) is 18.0 Å². The van der Waals surface area contributed by atoms with Crippen molar-refractivity contribution in [3.05, 3.63) is 17.5 Å². The Kier molecular flexibility index (Phi) is 2.52. The minimum absolute atomic E-state index is 0.0596. The largest absolute Gasteiger partial charge is 0.361 e. The summed E-state index contributed by atoms with van der Waals surface area (Å²) in [5, 5.41) is 6.56. The molecule has 4 nitrogen and oxygen atoms in total. The SMILES string of the molecule is Cc1oncc1C(=O)NC1CCCC1. The van der Waals surface area contributed by atoms with E-state index in [1.54, 1.807) is 6.92 Å². The zero-order chi connectivity index (χ0) is 9.97. The van der Waals surface area contributed by atoms with E-state index in [1.807, 2.05) is 0 Å². The molecule has 0 bridgehead atoms. The Hall–Kier alpha value is -1.32. The lowest BCUT2D eigenvalue weighted by molar-refractivity contribution is 0.0936. The topological polar surface area (TPSA) is 55.1 Å². The molecule has 14 heavy (non-hydrogen) atoms. The second-order valence-electron chi connectivity index (χ2n) is 3.75. The number of rotatable bonds is 2. The van der Waals surface area contributed by atoms with Crippen LogP contribution in [0.15, 0.2) is 10.7 Å². The normalized spacial score (nSPS) is 17.2. The quantitative estimate of drug-likeness (QED) is 0.778. The lowest BCUT2D eigenvalue weighted by Gasteiger charge is -2.10. The zero-order valence-corrected chi connectivity index (χ0v) is 8.25. The fourth-order valence-corrected chi connectivity index (χ4v) is 1.85. The first-order valence-electron chi connectivity index (χ1n) is 4.99. The van der Waals surface area contributed by atoms with Crippen molar-refractivity contribution in [2.75, 3.05) is 0 Å². The van der Waals surface area contributed by atoms with Crippen LogP contribution in [-0.2, 0) is 0 Å². The van der Waals surface area contributed by atoms with Gasteiger partial charge in [-0.05, 0) is 19.8 Å². The fourth-order valence-electron chi connectivity index (χ4n) is 1.85. The number of hydrogen-bond donors (Lipinski definition) is 1. The summed E-state index contributed by atoms with van der Waals surface area (Å²) < 4.78 is 4.84. The van der Waals surface area contributed by atoms with Gasteiger partial charge in [0.1, 0.15) is 11.3 Å². The summed E-state index contributed by atoms with van der Waals surface area (Å²) in [6, 6.07) is 0.344. The minimum Gasteiger partial charge on any atom is -0.361 e. The van der Waals surface area contributed by atoms with Crippen molar-refractivity contribution in [2.24, 2.45) is 0 Å². The van der Waals surface area contributed by atoms with Crippen molar-refractivity contribution in [3.8, 4) is 0 Å². The molecule has 0 unspecified atom stereocenters. The van der Waals surface area contributed by atoms with Crippen molar-refractivity contribution in [3.63, 3.8) is 0 Å². The van der Waals surface area contributed by atoms with Crippen LogP contribution in [0.4, 0.5) is 0 Å². The molecule has 1 aromatic rings. The maximum atomic E-state index is 11.7. The number of carbonyl (C=O) groups is 1. The van der Waals surface area contributed by atoms with Gasteiger partial charge in [-0.3, -0.25) is 4.79 Å². The van der Waals surface area contributed by atoms with Gasteiger partial charge in [0.25, 0.3) is 5.91 Å². The van der Waals surface area contributed by atoms with Crippen LogP contribution >= 0.6 is 0 Å². The lowest BCUT2D eigenvalue weighted by Crippen LogP contribution is -2.32. The number of nitrogens with zero attached hydrogens (tertiary/aromatic N) is 1. The second kappa shape index (κ2) is 3.82.